The highest BCUT2D eigenvalue weighted by Crippen LogP contribution is 2.65. The number of carbonyl (C=O) groups is 1. The fourth-order valence-electron chi connectivity index (χ4n) is 3.93. The van der Waals surface area contributed by atoms with Crippen LogP contribution in [0.1, 0.15) is 33.1 Å². The Labute approximate surface area is 134 Å². The first-order valence-electron chi connectivity index (χ1n) is 7.13. The lowest BCUT2D eigenvalue weighted by atomic mass is 9.68. The molecule has 2 aliphatic carbocycles. The van der Waals surface area contributed by atoms with E-state index >= 15 is 0 Å². The summed E-state index contributed by atoms with van der Waals surface area (Å²) >= 11 is 2.27. The average molecular weight is 381 g/mol. The van der Waals surface area contributed by atoms with Crippen LogP contribution in [0.3, 0.4) is 0 Å². The van der Waals surface area contributed by atoms with Gasteiger partial charge in [-0.25, -0.2) is 0 Å². The van der Waals surface area contributed by atoms with Crippen LogP contribution in [0.5, 0.6) is 0 Å². The van der Waals surface area contributed by atoms with Crippen molar-refractivity contribution in [3.05, 3.63) is 40.0 Å². The molecular weight excluding hydrogens is 361 g/mol. The van der Waals surface area contributed by atoms with E-state index in [0.717, 1.165) is 30.5 Å². The number of hydrogen-bond acceptors (Lipinski definition) is 1. The first-order chi connectivity index (χ1) is 9.36. The van der Waals surface area contributed by atoms with Gasteiger partial charge in [0, 0.05) is 9.26 Å². The second-order valence-electron chi connectivity index (χ2n) is 6.68. The van der Waals surface area contributed by atoms with Gasteiger partial charge in [-0.05, 0) is 77.5 Å². The molecule has 2 saturated carbocycles. The molecule has 0 aromatic heterocycles. The average Bonchev–Trinajstić information content (AvgIpc) is 2.93. The number of carbonyl (C=O) groups excluding carboxylic acids is 1. The minimum absolute atomic E-state index is 0.0989. The molecule has 3 rings (SSSR count). The minimum Gasteiger partial charge on any atom is -0.325 e. The van der Waals surface area contributed by atoms with Crippen LogP contribution in [0.15, 0.2) is 36.4 Å². The van der Waals surface area contributed by atoms with E-state index < -0.39 is 0 Å². The zero-order valence-corrected chi connectivity index (χ0v) is 14.2. The second kappa shape index (κ2) is 4.58. The molecule has 2 atom stereocenters. The van der Waals surface area contributed by atoms with Crippen LogP contribution in [-0.2, 0) is 4.79 Å². The van der Waals surface area contributed by atoms with Gasteiger partial charge in [-0.2, -0.15) is 0 Å². The number of benzene rings is 1. The van der Waals surface area contributed by atoms with Crippen LogP contribution < -0.4 is 5.32 Å². The lowest BCUT2D eigenvalue weighted by Crippen LogP contribution is -2.37. The van der Waals surface area contributed by atoms with E-state index in [-0.39, 0.29) is 16.7 Å². The Morgan fingerprint density at radius 2 is 2.00 bits per heavy atom. The number of rotatable bonds is 2. The third-order valence-electron chi connectivity index (χ3n) is 5.43. The fourth-order valence-corrected chi connectivity index (χ4v) is 4.29. The normalized spacial score (nSPS) is 30.6. The lowest BCUT2D eigenvalue weighted by Gasteiger charge is -2.37. The molecule has 0 saturated heterocycles. The molecule has 2 bridgehead atoms. The summed E-state index contributed by atoms with van der Waals surface area (Å²) in [6, 6.07) is 7.95. The van der Waals surface area contributed by atoms with Crippen LogP contribution in [-0.4, -0.2) is 5.91 Å². The van der Waals surface area contributed by atoms with Gasteiger partial charge in [0.15, 0.2) is 0 Å². The Bertz CT molecular complexity index is 575. The molecule has 2 fully saturated rings. The van der Waals surface area contributed by atoms with E-state index in [2.05, 4.69) is 48.3 Å². The maximum atomic E-state index is 12.8. The first-order valence-corrected chi connectivity index (χ1v) is 8.21. The summed E-state index contributed by atoms with van der Waals surface area (Å²) in [6.07, 6.45) is 3.07. The van der Waals surface area contributed by atoms with Gasteiger partial charge in [0.05, 0.1) is 5.41 Å². The Hall–Kier alpha value is -0.840. The van der Waals surface area contributed by atoms with E-state index in [1.54, 1.807) is 0 Å². The van der Waals surface area contributed by atoms with Crippen molar-refractivity contribution in [3.8, 4) is 0 Å². The van der Waals surface area contributed by atoms with Crippen molar-refractivity contribution in [2.24, 2.45) is 16.7 Å². The topological polar surface area (TPSA) is 29.1 Å². The van der Waals surface area contributed by atoms with Gasteiger partial charge in [0.1, 0.15) is 0 Å². The molecule has 1 aromatic carbocycles. The van der Waals surface area contributed by atoms with E-state index in [1.165, 1.54) is 3.57 Å². The molecular formula is C17H20INO. The van der Waals surface area contributed by atoms with Gasteiger partial charge in [-0.3, -0.25) is 4.79 Å². The number of hydrogen-bond donors (Lipinski definition) is 1. The van der Waals surface area contributed by atoms with Gasteiger partial charge in [-0.15, -0.1) is 0 Å². The second-order valence-corrected chi connectivity index (χ2v) is 7.93. The maximum Gasteiger partial charge on any atom is 0.234 e. The molecule has 1 amide bonds. The zero-order valence-electron chi connectivity index (χ0n) is 12.0. The van der Waals surface area contributed by atoms with E-state index in [4.69, 9.17) is 0 Å². The van der Waals surface area contributed by atoms with E-state index in [0.29, 0.717) is 5.92 Å². The SMILES string of the molecule is C=C1C(C)(C)[C@H]2CC[C@@]1(C(=O)Nc1ccc(I)cc1)C2. The highest BCUT2D eigenvalue weighted by molar-refractivity contribution is 14.1. The fraction of sp³-hybridized carbons (Fsp3) is 0.471. The van der Waals surface area contributed by atoms with E-state index in [9.17, 15) is 4.79 Å². The van der Waals surface area contributed by atoms with Crippen molar-refractivity contribution < 1.29 is 4.79 Å². The molecule has 0 radical (unpaired) electrons. The Kier molecular flexibility index (Phi) is 3.23. The molecule has 106 valence electrons. The number of halogens is 1. The monoisotopic (exact) mass is 381 g/mol. The molecule has 1 aromatic rings. The van der Waals surface area contributed by atoms with Crippen LogP contribution >= 0.6 is 22.6 Å². The van der Waals surface area contributed by atoms with Crippen LogP contribution in [0.25, 0.3) is 0 Å². The summed E-state index contributed by atoms with van der Waals surface area (Å²) in [4.78, 5) is 12.8. The molecule has 1 N–H and O–H groups in total. The highest BCUT2D eigenvalue weighted by Gasteiger charge is 2.60. The molecule has 2 aliphatic rings. The maximum absolute atomic E-state index is 12.8. The number of nitrogens with one attached hydrogen (secondary N) is 1. The summed E-state index contributed by atoms with van der Waals surface area (Å²) in [6.45, 7) is 8.75. The summed E-state index contributed by atoms with van der Waals surface area (Å²) in [5, 5.41) is 3.09. The third kappa shape index (κ3) is 1.93. The summed E-state index contributed by atoms with van der Waals surface area (Å²) < 4.78 is 1.17. The Morgan fingerprint density at radius 1 is 1.35 bits per heavy atom. The third-order valence-corrected chi connectivity index (χ3v) is 6.15. The summed E-state index contributed by atoms with van der Waals surface area (Å²) in [5.41, 5.74) is 1.77. The van der Waals surface area contributed by atoms with Gasteiger partial charge >= 0.3 is 0 Å². The molecule has 0 aliphatic heterocycles. The molecule has 20 heavy (non-hydrogen) atoms. The number of anilines is 1. The zero-order chi connectivity index (χ0) is 14.5. The molecule has 2 nitrogen and oxygen atoms in total. The predicted octanol–water partition coefficient (Wildman–Crippen LogP) is 4.61. The van der Waals surface area contributed by atoms with Crippen LogP contribution in [0, 0.1) is 20.3 Å². The largest absolute Gasteiger partial charge is 0.325 e. The van der Waals surface area contributed by atoms with Gasteiger partial charge < -0.3 is 5.32 Å². The van der Waals surface area contributed by atoms with Crippen molar-refractivity contribution in [2.75, 3.05) is 5.32 Å². The van der Waals surface area contributed by atoms with Gasteiger partial charge in [0.25, 0.3) is 0 Å². The van der Waals surface area contributed by atoms with Crippen molar-refractivity contribution in [1.29, 1.82) is 0 Å². The Morgan fingerprint density at radius 3 is 2.55 bits per heavy atom. The van der Waals surface area contributed by atoms with Crippen molar-refractivity contribution in [3.63, 3.8) is 0 Å². The molecule has 3 heteroatoms. The molecule has 0 heterocycles. The molecule has 0 unspecified atom stereocenters. The number of amides is 1. The summed E-state index contributed by atoms with van der Waals surface area (Å²) in [7, 11) is 0. The van der Waals surface area contributed by atoms with Crippen molar-refractivity contribution >= 4 is 34.2 Å². The summed E-state index contributed by atoms with van der Waals surface area (Å²) in [5.74, 6) is 0.745. The standard InChI is InChI=1S/C17H20INO/c1-11-16(2,3)12-8-9-17(11,10-12)15(20)19-14-6-4-13(18)5-7-14/h4-7,12H,1,8-10H2,2-3H3,(H,19,20)/t12-,17+/m0/s1. The first kappa shape index (κ1) is 14.1. The number of fused-ring (bicyclic) bond motifs is 2. The highest BCUT2D eigenvalue weighted by atomic mass is 127. The van der Waals surface area contributed by atoms with Crippen molar-refractivity contribution in [1.82, 2.24) is 0 Å². The molecule has 0 spiro atoms. The minimum atomic E-state index is -0.336. The lowest BCUT2D eigenvalue weighted by molar-refractivity contribution is -0.123. The van der Waals surface area contributed by atoms with E-state index in [1.807, 2.05) is 24.3 Å². The predicted molar refractivity (Wildman–Crippen MR) is 90.5 cm³/mol. The van der Waals surface area contributed by atoms with Crippen LogP contribution in [0.4, 0.5) is 5.69 Å². The smallest absolute Gasteiger partial charge is 0.234 e. The van der Waals surface area contributed by atoms with Gasteiger partial charge in [0.2, 0.25) is 5.91 Å². The van der Waals surface area contributed by atoms with Crippen molar-refractivity contribution in [2.45, 2.75) is 33.1 Å². The van der Waals surface area contributed by atoms with Crippen LogP contribution in [0.2, 0.25) is 0 Å². The Balaban J connectivity index is 1.84. The quantitative estimate of drug-likeness (QED) is 0.588. The van der Waals surface area contributed by atoms with Gasteiger partial charge in [-0.1, -0.05) is 26.0 Å².